The standard InChI is InChI=1S/C9H9BrClNO4S/c10-9-6(11)2-1-3-7(9)12-17(15,16)5-4-8(13)14/h1-3,12H,4-5H2,(H,13,14). The number of rotatable bonds is 5. The normalized spacial score (nSPS) is 11.2. The van der Waals surface area contributed by atoms with E-state index in [-0.39, 0.29) is 5.69 Å². The van der Waals surface area contributed by atoms with E-state index in [2.05, 4.69) is 20.7 Å². The summed E-state index contributed by atoms with van der Waals surface area (Å²) in [6, 6.07) is 4.71. The molecule has 0 atom stereocenters. The van der Waals surface area contributed by atoms with Gasteiger partial charge in [0.1, 0.15) is 0 Å². The zero-order valence-corrected chi connectivity index (χ0v) is 11.6. The van der Waals surface area contributed by atoms with Crippen LogP contribution in [0.2, 0.25) is 5.02 Å². The molecule has 1 aromatic rings. The first-order chi connectivity index (χ1) is 7.82. The van der Waals surface area contributed by atoms with Crippen LogP contribution in [0.4, 0.5) is 5.69 Å². The molecule has 0 aliphatic heterocycles. The summed E-state index contributed by atoms with van der Waals surface area (Å²) < 4.78 is 25.7. The van der Waals surface area contributed by atoms with E-state index in [9.17, 15) is 13.2 Å². The Morgan fingerprint density at radius 2 is 2.12 bits per heavy atom. The number of carboxylic acid groups (broad SMARTS) is 1. The summed E-state index contributed by atoms with van der Waals surface area (Å²) in [7, 11) is -3.69. The Bertz CT molecular complexity index is 532. The molecule has 8 heteroatoms. The number of aliphatic carboxylic acids is 1. The third kappa shape index (κ3) is 4.53. The maximum Gasteiger partial charge on any atom is 0.304 e. The second-order valence-corrected chi connectivity index (χ2v) is 6.21. The van der Waals surface area contributed by atoms with E-state index in [0.29, 0.717) is 9.50 Å². The van der Waals surface area contributed by atoms with Crippen LogP contribution in [-0.2, 0) is 14.8 Å². The van der Waals surface area contributed by atoms with Gasteiger partial charge in [-0.05, 0) is 28.1 Å². The number of sulfonamides is 1. The molecule has 0 radical (unpaired) electrons. The van der Waals surface area contributed by atoms with Crippen molar-refractivity contribution in [1.29, 1.82) is 0 Å². The quantitative estimate of drug-likeness (QED) is 0.860. The average molecular weight is 343 g/mol. The molecule has 0 unspecified atom stereocenters. The lowest BCUT2D eigenvalue weighted by Gasteiger charge is -2.09. The second kappa shape index (κ2) is 5.70. The molecular weight excluding hydrogens is 334 g/mol. The van der Waals surface area contributed by atoms with Crippen molar-refractivity contribution in [2.45, 2.75) is 6.42 Å². The van der Waals surface area contributed by atoms with Gasteiger partial charge in [-0.2, -0.15) is 0 Å². The third-order valence-electron chi connectivity index (χ3n) is 1.80. The fourth-order valence-electron chi connectivity index (χ4n) is 1.02. The van der Waals surface area contributed by atoms with Crippen molar-refractivity contribution >= 4 is 49.2 Å². The monoisotopic (exact) mass is 341 g/mol. The fraction of sp³-hybridized carbons (Fsp3) is 0.222. The molecule has 0 heterocycles. The van der Waals surface area contributed by atoms with Gasteiger partial charge in [-0.15, -0.1) is 0 Å². The van der Waals surface area contributed by atoms with Gasteiger partial charge in [0, 0.05) is 0 Å². The van der Waals surface area contributed by atoms with Gasteiger partial charge in [-0.1, -0.05) is 17.7 Å². The maximum absolute atomic E-state index is 11.5. The minimum atomic E-state index is -3.69. The SMILES string of the molecule is O=C(O)CCS(=O)(=O)Nc1cccc(Cl)c1Br. The Morgan fingerprint density at radius 3 is 2.71 bits per heavy atom. The molecule has 0 fully saturated rings. The summed E-state index contributed by atoms with van der Waals surface area (Å²) in [5.74, 6) is -1.65. The number of hydrogen-bond donors (Lipinski definition) is 2. The summed E-state index contributed by atoms with van der Waals surface area (Å²) in [6.45, 7) is 0. The predicted octanol–water partition coefficient (Wildman–Crippen LogP) is 2.32. The molecule has 2 N–H and O–H groups in total. The lowest BCUT2D eigenvalue weighted by atomic mass is 10.3. The van der Waals surface area contributed by atoms with Crippen molar-refractivity contribution in [3.63, 3.8) is 0 Å². The molecule has 17 heavy (non-hydrogen) atoms. The predicted molar refractivity (Wildman–Crippen MR) is 68.8 cm³/mol. The Morgan fingerprint density at radius 1 is 1.47 bits per heavy atom. The van der Waals surface area contributed by atoms with Gasteiger partial charge in [-0.25, -0.2) is 8.42 Å². The van der Waals surface area contributed by atoms with Crippen molar-refractivity contribution in [2.75, 3.05) is 10.5 Å². The van der Waals surface area contributed by atoms with Crippen LogP contribution >= 0.6 is 27.5 Å². The van der Waals surface area contributed by atoms with Gasteiger partial charge in [0.15, 0.2) is 0 Å². The van der Waals surface area contributed by atoms with Crippen molar-refractivity contribution in [2.24, 2.45) is 0 Å². The Hall–Kier alpha value is -0.790. The van der Waals surface area contributed by atoms with Gasteiger partial charge in [0.05, 0.1) is 27.4 Å². The van der Waals surface area contributed by atoms with Gasteiger partial charge in [0.25, 0.3) is 0 Å². The Labute approximate surface area is 112 Å². The molecule has 1 rings (SSSR count). The van der Waals surface area contributed by atoms with E-state index in [1.54, 1.807) is 12.1 Å². The lowest BCUT2D eigenvalue weighted by Crippen LogP contribution is -2.19. The first-order valence-electron chi connectivity index (χ1n) is 4.48. The summed E-state index contributed by atoms with van der Waals surface area (Å²) in [5, 5.41) is 8.78. The van der Waals surface area contributed by atoms with Crippen molar-refractivity contribution in [3.05, 3.63) is 27.7 Å². The minimum Gasteiger partial charge on any atom is -0.481 e. The summed E-state index contributed by atoms with van der Waals surface area (Å²) in [5.41, 5.74) is 0.280. The van der Waals surface area contributed by atoms with Crippen LogP contribution in [0.5, 0.6) is 0 Å². The van der Waals surface area contributed by atoms with Crippen LogP contribution in [0.25, 0.3) is 0 Å². The average Bonchev–Trinajstić information content (AvgIpc) is 2.22. The smallest absolute Gasteiger partial charge is 0.304 e. The van der Waals surface area contributed by atoms with Gasteiger partial charge < -0.3 is 5.11 Å². The highest BCUT2D eigenvalue weighted by atomic mass is 79.9. The first kappa shape index (κ1) is 14.3. The lowest BCUT2D eigenvalue weighted by molar-refractivity contribution is -0.136. The first-order valence-corrected chi connectivity index (χ1v) is 7.30. The highest BCUT2D eigenvalue weighted by molar-refractivity contribution is 9.10. The topological polar surface area (TPSA) is 83.5 Å². The van der Waals surface area contributed by atoms with Crippen LogP contribution in [0, 0.1) is 0 Å². The summed E-state index contributed by atoms with van der Waals surface area (Å²) >= 11 is 8.93. The Balaban J connectivity index is 2.83. The molecule has 0 aliphatic rings. The molecule has 0 aromatic heterocycles. The largest absolute Gasteiger partial charge is 0.481 e. The van der Waals surface area contributed by atoms with E-state index in [0.717, 1.165) is 0 Å². The van der Waals surface area contributed by atoms with Crippen LogP contribution in [0.15, 0.2) is 22.7 Å². The third-order valence-corrected chi connectivity index (χ3v) is 4.47. The van der Waals surface area contributed by atoms with Gasteiger partial charge in [0.2, 0.25) is 10.0 Å². The van der Waals surface area contributed by atoms with E-state index in [4.69, 9.17) is 16.7 Å². The zero-order chi connectivity index (χ0) is 13.1. The molecule has 0 saturated heterocycles. The van der Waals surface area contributed by atoms with E-state index < -0.39 is 28.2 Å². The van der Waals surface area contributed by atoms with Crippen molar-refractivity contribution in [1.82, 2.24) is 0 Å². The van der Waals surface area contributed by atoms with Gasteiger partial charge in [-0.3, -0.25) is 9.52 Å². The number of hydrogen-bond acceptors (Lipinski definition) is 3. The summed E-state index contributed by atoms with van der Waals surface area (Å²) in [4.78, 5) is 10.3. The zero-order valence-electron chi connectivity index (χ0n) is 8.48. The van der Waals surface area contributed by atoms with E-state index in [1.165, 1.54) is 6.07 Å². The van der Waals surface area contributed by atoms with Crippen LogP contribution in [0.3, 0.4) is 0 Å². The van der Waals surface area contributed by atoms with Crippen molar-refractivity contribution < 1.29 is 18.3 Å². The molecule has 5 nitrogen and oxygen atoms in total. The molecule has 0 amide bonds. The number of anilines is 1. The highest BCUT2D eigenvalue weighted by Gasteiger charge is 2.15. The second-order valence-electron chi connectivity index (χ2n) is 3.17. The fourth-order valence-corrected chi connectivity index (χ4v) is 2.74. The van der Waals surface area contributed by atoms with Crippen molar-refractivity contribution in [3.8, 4) is 0 Å². The molecule has 1 aromatic carbocycles. The van der Waals surface area contributed by atoms with E-state index in [1.807, 2.05) is 0 Å². The number of benzene rings is 1. The summed E-state index contributed by atoms with van der Waals surface area (Å²) in [6.07, 6.45) is -0.451. The minimum absolute atomic E-state index is 0.280. The molecular formula is C9H9BrClNO4S. The Kier molecular flexibility index (Phi) is 4.79. The van der Waals surface area contributed by atoms with E-state index >= 15 is 0 Å². The number of halogens is 2. The molecule has 0 aliphatic carbocycles. The molecule has 0 saturated carbocycles. The molecule has 0 bridgehead atoms. The molecule has 0 spiro atoms. The van der Waals surface area contributed by atoms with Crippen LogP contribution in [0.1, 0.15) is 6.42 Å². The maximum atomic E-state index is 11.5. The number of carbonyl (C=O) groups is 1. The molecule has 94 valence electrons. The van der Waals surface area contributed by atoms with Crippen LogP contribution < -0.4 is 4.72 Å². The number of carboxylic acids is 1. The highest BCUT2D eigenvalue weighted by Crippen LogP contribution is 2.30. The number of nitrogens with one attached hydrogen (secondary N) is 1. The van der Waals surface area contributed by atoms with Crippen LogP contribution in [-0.4, -0.2) is 25.2 Å². The van der Waals surface area contributed by atoms with Gasteiger partial charge >= 0.3 is 5.97 Å².